The predicted octanol–water partition coefficient (Wildman–Crippen LogP) is 3.91. The first-order valence-corrected chi connectivity index (χ1v) is 7.30. The second-order valence-corrected chi connectivity index (χ2v) is 5.94. The van der Waals surface area contributed by atoms with Crippen LogP contribution in [0.4, 0.5) is 14.5 Å². The van der Waals surface area contributed by atoms with Gasteiger partial charge < -0.3 is 10.4 Å². The highest BCUT2D eigenvalue weighted by atomic mass is 79.9. The number of hydrogen-bond donors (Lipinski definition) is 2. The topological polar surface area (TPSA) is 66.4 Å². The molecule has 1 fully saturated rings. The largest absolute Gasteiger partial charge is 0.478 e. The first-order chi connectivity index (χ1) is 9.80. The zero-order valence-electron chi connectivity index (χ0n) is 11.0. The number of benzene rings is 1. The van der Waals surface area contributed by atoms with Gasteiger partial charge in [0.2, 0.25) is 11.8 Å². The van der Waals surface area contributed by atoms with Crippen molar-refractivity contribution in [3.8, 4) is 0 Å². The molecule has 7 heteroatoms. The van der Waals surface area contributed by atoms with E-state index < -0.39 is 23.7 Å². The highest BCUT2D eigenvalue weighted by molar-refractivity contribution is 9.10. The van der Waals surface area contributed by atoms with Gasteiger partial charge in [-0.25, -0.2) is 13.6 Å². The Labute approximate surface area is 128 Å². The zero-order valence-corrected chi connectivity index (χ0v) is 12.6. The van der Waals surface area contributed by atoms with Gasteiger partial charge in [0.25, 0.3) is 0 Å². The number of alkyl halides is 2. The van der Waals surface area contributed by atoms with E-state index in [1.807, 2.05) is 0 Å². The molecule has 1 aromatic carbocycles. The minimum Gasteiger partial charge on any atom is -0.478 e. The number of carbonyl (C=O) groups excluding carboxylic acids is 1. The van der Waals surface area contributed by atoms with Gasteiger partial charge in [-0.3, -0.25) is 4.79 Å². The lowest BCUT2D eigenvalue weighted by molar-refractivity contribution is -0.124. The van der Waals surface area contributed by atoms with E-state index in [9.17, 15) is 18.4 Å². The summed E-state index contributed by atoms with van der Waals surface area (Å²) in [6.07, 6.45) is -0.420. The standard InChI is InChI=1S/C14H14BrF2NO3/c15-10-3-1-2-9(13(20)21)11(10)18-12(19)8-4-6-14(16,17)7-5-8/h1-3,8H,4-7H2,(H,18,19)(H,20,21). The molecule has 0 aliphatic heterocycles. The Hall–Kier alpha value is -1.50. The minimum absolute atomic E-state index is 0.0427. The summed E-state index contributed by atoms with van der Waals surface area (Å²) in [6, 6.07) is 4.53. The third kappa shape index (κ3) is 3.78. The smallest absolute Gasteiger partial charge is 0.337 e. The molecule has 0 radical (unpaired) electrons. The monoisotopic (exact) mass is 361 g/mol. The van der Waals surface area contributed by atoms with Crippen molar-refractivity contribution < 1.29 is 23.5 Å². The SMILES string of the molecule is O=C(O)c1cccc(Br)c1NC(=O)C1CCC(F)(F)CC1. The molecule has 1 aliphatic carbocycles. The van der Waals surface area contributed by atoms with Crippen LogP contribution >= 0.6 is 15.9 Å². The van der Waals surface area contributed by atoms with Gasteiger partial charge in [0.05, 0.1) is 11.3 Å². The number of carboxylic acid groups (broad SMARTS) is 1. The molecule has 1 aromatic rings. The average Bonchev–Trinajstić information content (AvgIpc) is 2.40. The Morgan fingerprint density at radius 2 is 1.90 bits per heavy atom. The van der Waals surface area contributed by atoms with Crippen LogP contribution in [0.3, 0.4) is 0 Å². The normalized spacial score (nSPS) is 18.2. The molecule has 0 saturated heterocycles. The molecule has 0 heterocycles. The quantitative estimate of drug-likeness (QED) is 0.857. The minimum atomic E-state index is -2.70. The average molecular weight is 362 g/mol. The summed E-state index contributed by atoms with van der Waals surface area (Å²) in [5, 5.41) is 11.7. The van der Waals surface area contributed by atoms with Crippen LogP contribution in [0.1, 0.15) is 36.0 Å². The highest BCUT2D eigenvalue weighted by Gasteiger charge is 2.37. The van der Waals surface area contributed by atoms with E-state index in [2.05, 4.69) is 21.2 Å². The number of carbonyl (C=O) groups is 2. The summed E-state index contributed by atoms with van der Waals surface area (Å²) < 4.78 is 26.6. The number of halogens is 3. The lowest BCUT2D eigenvalue weighted by Gasteiger charge is -2.27. The molecule has 0 aromatic heterocycles. The molecule has 1 aliphatic rings. The van der Waals surface area contributed by atoms with E-state index in [4.69, 9.17) is 5.11 Å². The van der Waals surface area contributed by atoms with Gasteiger partial charge in [0, 0.05) is 23.2 Å². The lowest BCUT2D eigenvalue weighted by atomic mass is 9.86. The number of nitrogens with one attached hydrogen (secondary N) is 1. The van der Waals surface area contributed by atoms with Gasteiger partial charge in [-0.1, -0.05) is 6.07 Å². The van der Waals surface area contributed by atoms with E-state index in [-0.39, 0.29) is 36.9 Å². The Balaban J connectivity index is 2.12. The Kier molecular flexibility index (Phi) is 4.61. The van der Waals surface area contributed by atoms with Crippen molar-refractivity contribution in [1.82, 2.24) is 0 Å². The van der Waals surface area contributed by atoms with Crippen LogP contribution in [0.5, 0.6) is 0 Å². The summed E-state index contributed by atoms with van der Waals surface area (Å²) in [7, 11) is 0. The summed E-state index contributed by atoms with van der Waals surface area (Å²) in [6.45, 7) is 0. The highest BCUT2D eigenvalue weighted by Crippen LogP contribution is 2.37. The van der Waals surface area contributed by atoms with Crippen molar-refractivity contribution >= 4 is 33.5 Å². The third-order valence-electron chi connectivity index (χ3n) is 3.58. The maximum Gasteiger partial charge on any atom is 0.337 e. The van der Waals surface area contributed by atoms with E-state index in [0.717, 1.165) is 0 Å². The van der Waals surface area contributed by atoms with Crippen molar-refractivity contribution in [2.24, 2.45) is 5.92 Å². The molecule has 1 amide bonds. The van der Waals surface area contributed by atoms with Crippen molar-refractivity contribution in [2.75, 3.05) is 5.32 Å². The van der Waals surface area contributed by atoms with Gasteiger partial charge in [0.1, 0.15) is 0 Å². The van der Waals surface area contributed by atoms with Gasteiger partial charge in [-0.15, -0.1) is 0 Å². The number of carboxylic acids is 1. The van der Waals surface area contributed by atoms with Gasteiger partial charge in [-0.2, -0.15) is 0 Å². The van der Waals surface area contributed by atoms with Crippen LogP contribution in [-0.4, -0.2) is 22.9 Å². The molecule has 0 bridgehead atoms. The van der Waals surface area contributed by atoms with Crippen molar-refractivity contribution in [1.29, 1.82) is 0 Å². The van der Waals surface area contributed by atoms with E-state index in [0.29, 0.717) is 4.47 Å². The molecule has 1 saturated carbocycles. The lowest BCUT2D eigenvalue weighted by Crippen LogP contribution is -2.32. The second kappa shape index (κ2) is 6.09. The number of hydrogen-bond acceptors (Lipinski definition) is 2. The summed E-state index contributed by atoms with van der Waals surface area (Å²) in [5.74, 6) is -4.80. The van der Waals surface area contributed by atoms with Crippen LogP contribution in [0.2, 0.25) is 0 Å². The Bertz CT molecular complexity index is 567. The molecular formula is C14H14BrF2NO3. The van der Waals surface area contributed by atoms with Crippen LogP contribution < -0.4 is 5.32 Å². The molecule has 0 atom stereocenters. The zero-order chi connectivity index (χ0) is 15.6. The molecule has 114 valence electrons. The summed E-state index contributed by atoms with van der Waals surface area (Å²) >= 11 is 3.19. The van der Waals surface area contributed by atoms with Crippen molar-refractivity contribution in [3.63, 3.8) is 0 Å². The second-order valence-electron chi connectivity index (χ2n) is 5.09. The molecule has 21 heavy (non-hydrogen) atoms. The van der Waals surface area contributed by atoms with Crippen LogP contribution in [0, 0.1) is 5.92 Å². The van der Waals surface area contributed by atoms with Crippen molar-refractivity contribution in [2.45, 2.75) is 31.6 Å². The van der Waals surface area contributed by atoms with E-state index >= 15 is 0 Å². The molecule has 2 rings (SSSR count). The maximum absolute atomic E-state index is 13.1. The third-order valence-corrected chi connectivity index (χ3v) is 4.24. The molecule has 4 nitrogen and oxygen atoms in total. The summed E-state index contributed by atoms with van der Waals surface area (Å²) in [4.78, 5) is 23.3. The molecular weight excluding hydrogens is 348 g/mol. The fourth-order valence-corrected chi connectivity index (χ4v) is 2.82. The first-order valence-electron chi connectivity index (χ1n) is 6.51. The predicted molar refractivity (Wildman–Crippen MR) is 76.6 cm³/mol. The van der Waals surface area contributed by atoms with Gasteiger partial charge in [-0.05, 0) is 40.9 Å². The number of amides is 1. The van der Waals surface area contributed by atoms with E-state index in [1.54, 1.807) is 12.1 Å². The van der Waals surface area contributed by atoms with Crippen LogP contribution in [-0.2, 0) is 4.79 Å². The van der Waals surface area contributed by atoms with Gasteiger partial charge in [0.15, 0.2) is 0 Å². The fraction of sp³-hybridized carbons (Fsp3) is 0.429. The van der Waals surface area contributed by atoms with Crippen molar-refractivity contribution in [3.05, 3.63) is 28.2 Å². The molecule has 0 unspecified atom stereocenters. The van der Waals surface area contributed by atoms with E-state index in [1.165, 1.54) is 6.07 Å². The molecule has 2 N–H and O–H groups in total. The Morgan fingerprint density at radius 1 is 1.29 bits per heavy atom. The van der Waals surface area contributed by atoms with Gasteiger partial charge >= 0.3 is 5.97 Å². The fourth-order valence-electron chi connectivity index (χ4n) is 2.36. The number of rotatable bonds is 3. The number of aromatic carboxylic acids is 1. The van der Waals surface area contributed by atoms with Crippen LogP contribution in [0.15, 0.2) is 22.7 Å². The summed E-state index contributed by atoms with van der Waals surface area (Å²) in [5.41, 5.74) is 0.117. The number of anilines is 1. The Morgan fingerprint density at radius 3 is 2.48 bits per heavy atom. The first kappa shape index (κ1) is 15.9. The molecule has 0 spiro atoms. The maximum atomic E-state index is 13.1. The number of para-hydroxylation sites is 1. The van der Waals surface area contributed by atoms with Crippen LogP contribution in [0.25, 0.3) is 0 Å².